The molecule has 31 heavy (non-hydrogen) atoms. The molecule has 2 N–H and O–H groups in total. The number of aromatic nitrogens is 4. The van der Waals surface area contributed by atoms with E-state index in [0.29, 0.717) is 44.2 Å². The van der Waals surface area contributed by atoms with Crippen LogP contribution < -0.4 is 10.6 Å². The molecule has 0 atom stereocenters. The number of piperazine rings is 1. The van der Waals surface area contributed by atoms with Crippen molar-refractivity contribution >= 4 is 46.0 Å². The van der Waals surface area contributed by atoms with Crippen molar-refractivity contribution in [2.75, 3.05) is 43.9 Å². The Labute approximate surface area is 190 Å². The standard InChI is InChI=1S/C22H21Cl2N7/c1-29-9-11-30(12-10-29)22-26-19(14-5-4-6-15(23)13-14)18-20(25)31(28-21(18)27-22)17-8-3-2-7-16(17)24/h2-8,13H,9-12,25H2,1H3. The summed E-state index contributed by atoms with van der Waals surface area (Å²) in [4.78, 5) is 14.2. The van der Waals surface area contributed by atoms with E-state index < -0.39 is 0 Å². The fraction of sp³-hybridized carbons (Fsp3) is 0.227. The molecule has 1 fully saturated rings. The number of likely N-dealkylation sites (N-methyl/N-ethyl adjacent to an activating group) is 1. The molecule has 9 heteroatoms. The summed E-state index contributed by atoms with van der Waals surface area (Å²) < 4.78 is 1.63. The number of rotatable bonds is 3. The number of para-hydroxylation sites is 1. The highest BCUT2D eigenvalue weighted by Crippen LogP contribution is 2.35. The Balaban J connectivity index is 1.74. The van der Waals surface area contributed by atoms with E-state index in [9.17, 15) is 0 Å². The van der Waals surface area contributed by atoms with Gasteiger partial charge in [0.1, 0.15) is 5.82 Å². The van der Waals surface area contributed by atoms with Crippen molar-refractivity contribution in [2.24, 2.45) is 0 Å². The molecule has 0 saturated carbocycles. The summed E-state index contributed by atoms with van der Waals surface area (Å²) in [6.45, 7) is 3.59. The average Bonchev–Trinajstić information content (AvgIpc) is 3.10. The summed E-state index contributed by atoms with van der Waals surface area (Å²) in [5.41, 5.74) is 9.36. The lowest BCUT2D eigenvalue weighted by molar-refractivity contribution is 0.311. The first-order valence-corrected chi connectivity index (χ1v) is 10.8. The topological polar surface area (TPSA) is 76.1 Å². The molecular weight excluding hydrogens is 433 g/mol. The number of nitrogens with two attached hydrogens (primary N) is 1. The van der Waals surface area contributed by atoms with Gasteiger partial charge in [-0.1, -0.05) is 47.5 Å². The van der Waals surface area contributed by atoms with E-state index in [1.54, 1.807) is 4.68 Å². The van der Waals surface area contributed by atoms with Crippen LogP contribution in [0.4, 0.5) is 11.8 Å². The fourth-order valence-electron chi connectivity index (χ4n) is 3.80. The number of anilines is 2. The van der Waals surface area contributed by atoms with Crippen molar-refractivity contribution in [3.63, 3.8) is 0 Å². The van der Waals surface area contributed by atoms with Crippen LogP contribution in [0.3, 0.4) is 0 Å². The number of nitrogens with zero attached hydrogens (tertiary/aromatic N) is 6. The summed E-state index contributed by atoms with van der Waals surface area (Å²) >= 11 is 12.7. The normalized spacial score (nSPS) is 15.0. The van der Waals surface area contributed by atoms with Crippen molar-refractivity contribution in [1.29, 1.82) is 0 Å². The van der Waals surface area contributed by atoms with Gasteiger partial charge in [0.15, 0.2) is 5.65 Å². The van der Waals surface area contributed by atoms with Crippen LogP contribution >= 0.6 is 23.2 Å². The number of fused-ring (bicyclic) bond motifs is 1. The van der Waals surface area contributed by atoms with Crippen LogP contribution in [-0.4, -0.2) is 57.9 Å². The Morgan fingerprint density at radius 1 is 0.935 bits per heavy atom. The maximum Gasteiger partial charge on any atom is 0.228 e. The van der Waals surface area contributed by atoms with Crippen molar-refractivity contribution in [2.45, 2.75) is 0 Å². The number of halogens is 2. The molecule has 0 spiro atoms. The molecule has 3 heterocycles. The molecule has 0 radical (unpaired) electrons. The SMILES string of the molecule is CN1CCN(c2nc(-c3cccc(Cl)c3)c3c(N)n(-c4ccccc4Cl)nc3n2)CC1. The molecule has 0 aliphatic carbocycles. The van der Waals surface area contributed by atoms with Gasteiger partial charge >= 0.3 is 0 Å². The van der Waals surface area contributed by atoms with Crippen molar-refractivity contribution in [1.82, 2.24) is 24.6 Å². The minimum absolute atomic E-state index is 0.433. The second-order valence-electron chi connectivity index (χ2n) is 7.62. The molecule has 4 aromatic rings. The maximum absolute atomic E-state index is 6.57. The molecule has 0 unspecified atom stereocenters. The van der Waals surface area contributed by atoms with E-state index in [1.165, 1.54) is 0 Å². The lowest BCUT2D eigenvalue weighted by atomic mass is 10.1. The Bertz CT molecular complexity index is 1260. The maximum atomic E-state index is 6.57. The lowest BCUT2D eigenvalue weighted by Gasteiger charge is -2.32. The Hall–Kier alpha value is -2.87. The fourth-order valence-corrected chi connectivity index (χ4v) is 4.21. The molecule has 7 nitrogen and oxygen atoms in total. The first-order chi connectivity index (χ1) is 15.0. The van der Waals surface area contributed by atoms with Gasteiger partial charge < -0.3 is 15.5 Å². The van der Waals surface area contributed by atoms with Gasteiger partial charge in [0.25, 0.3) is 0 Å². The second kappa shape index (κ2) is 8.00. The minimum Gasteiger partial charge on any atom is -0.383 e. The molecule has 1 aliphatic heterocycles. The number of nitrogen functional groups attached to an aromatic ring is 1. The highest BCUT2D eigenvalue weighted by atomic mass is 35.5. The molecule has 1 saturated heterocycles. The zero-order chi connectivity index (χ0) is 21.5. The molecule has 5 rings (SSSR count). The van der Waals surface area contributed by atoms with Crippen molar-refractivity contribution in [3.8, 4) is 16.9 Å². The van der Waals surface area contributed by atoms with Gasteiger partial charge in [0.05, 0.1) is 21.8 Å². The van der Waals surface area contributed by atoms with E-state index in [-0.39, 0.29) is 0 Å². The Morgan fingerprint density at radius 2 is 1.71 bits per heavy atom. The predicted molar refractivity (Wildman–Crippen MR) is 126 cm³/mol. The van der Waals surface area contributed by atoms with Gasteiger partial charge in [0, 0.05) is 36.8 Å². The molecule has 2 aromatic heterocycles. The highest BCUT2D eigenvalue weighted by molar-refractivity contribution is 6.32. The van der Waals surface area contributed by atoms with Crippen LogP contribution in [0.1, 0.15) is 0 Å². The zero-order valence-electron chi connectivity index (χ0n) is 17.0. The molecule has 2 aromatic carbocycles. The van der Waals surface area contributed by atoms with E-state index in [0.717, 1.165) is 31.7 Å². The Morgan fingerprint density at radius 3 is 2.45 bits per heavy atom. The molecule has 1 aliphatic rings. The summed E-state index contributed by atoms with van der Waals surface area (Å²) in [6, 6.07) is 15.0. The summed E-state index contributed by atoms with van der Waals surface area (Å²) in [6.07, 6.45) is 0. The summed E-state index contributed by atoms with van der Waals surface area (Å²) in [7, 11) is 2.12. The summed E-state index contributed by atoms with van der Waals surface area (Å²) in [5, 5.41) is 6.57. The van der Waals surface area contributed by atoms with Gasteiger partial charge in [-0.25, -0.2) is 9.67 Å². The van der Waals surface area contributed by atoms with Crippen LogP contribution in [-0.2, 0) is 0 Å². The Kier molecular flexibility index (Phi) is 5.17. The summed E-state index contributed by atoms with van der Waals surface area (Å²) in [5.74, 6) is 1.07. The van der Waals surface area contributed by atoms with Crippen molar-refractivity contribution in [3.05, 3.63) is 58.6 Å². The van der Waals surface area contributed by atoms with Crippen LogP contribution in [0.5, 0.6) is 0 Å². The predicted octanol–water partition coefficient (Wildman–Crippen LogP) is 4.12. The van der Waals surface area contributed by atoms with Gasteiger partial charge in [-0.15, -0.1) is 5.10 Å². The van der Waals surface area contributed by atoms with E-state index in [1.807, 2.05) is 48.5 Å². The van der Waals surface area contributed by atoms with Gasteiger partial charge in [-0.2, -0.15) is 4.98 Å². The van der Waals surface area contributed by atoms with Crippen molar-refractivity contribution < 1.29 is 0 Å². The zero-order valence-corrected chi connectivity index (χ0v) is 18.5. The third-order valence-corrected chi connectivity index (χ3v) is 6.08. The smallest absolute Gasteiger partial charge is 0.228 e. The van der Waals surface area contributed by atoms with Gasteiger partial charge in [-0.05, 0) is 31.3 Å². The molecule has 0 amide bonds. The van der Waals surface area contributed by atoms with E-state index >= 15 is 0 Å². The second-order valence-corrected chi connectivity index (χ2v) is 8.46. The van der Waals surface area contributed by atoms with Crippen LogP contribution in [0, 0.1) is 0 Å². The lowest BCUT2D eigenvalue weighted by Crippen LogP contribution is -2.45. The molecule has 0 bridgehead atoms. The highest BCUT2D eigenvalue weighted by Gasteiger charge is 2.23. The number of benzene rings is 2. The first kappa shape index (κ1) is 20.1. The molecular formula is C22H21Cl2N7. The van der Waals surface area contributed by atoms with E-state index in [2.05, 4.69) is 16.8 Å². The van der Waals surface area contributed by atoms with Gasteiger partial charge in [-0.3, -0.25) is 0 Å². The van der Waals surface area contributed by atoms with E-state index in [4.69, 9.17) is 44.0 Å². The quantitative estimate of drug-likeness (QED) is 0.502. The average molecular weight is 454 g/mol. The minimum atomic E-state index is 0.433. The van der Waals surface area contributed by atoms with Crippen LogP contribution in [0.25, 0.3) is 28.0 Å². The van der Waals surface area contributed by atoms with Gasteiger partial charge in [0.2, 0.25) is 5.95 Å². The number of hydrogen-bond donors (Lipinski definition) is 1. The number of hydrogen-bond acceptors (Lipinski definition) is 6. The largest absolute Gasteiger partial charge is 0.383 e. The first-order valence-electron chi connectivity index (χ1n) is 10.0. The molecule has 158 valence electrons. The van der Waals surface area contributed by atoms with Crippen LogP contribution in [0.2, 0.25) is 10.0 Å². The third kappa shape index (κ3) is 3.69. The van der Waals surface area contributed by atoms with Crippen LogP contribution in [0.15, 0.2) is 48.5 Å². The monoisotopic (exact) mass is 453 g/mol. The third-order valence-electron chi connectivity index (χ3n) is 5.52.